The lowest BCUT2D eigenvalue weighted by molar-refractivity contribution is -0.118. The molecule has 1 fully saturated rings. The lowest BCUT2D eigenvalue weighted by Crippen LogP contribution is -2.26. The van der Waals surface area contributed by atoms with Gasteiger partial charge in [0, 0.05) is 12.7 Å². The summed E-state index contributed by atoms with van der Waals surface area (Å²) in [4.78, 5) is 11.2. The Kier molecular flexibility index (Phi) is 2.39. The van der Waals surface area contributed by atoms with Crippen molar-refractivity contribution in [3.63, 3.8) is 0 Å². The van der Waals surface area contributed by atoms with E-state index in [0.29, 0.717) is 6.54 Å². The van der Waals surface area contributed by atoms with Gasteiger partial charge in [0.15, 0.2) is 0 Å². The molecule has 0 saturated heterocycles. The van der Waals surface area contributed by atoms with Crippen molar-refractivity contribution in [2.24, 2.45) is 5.92 Å². The molecule has 1 aromatic rings. The first kappa shape index (κ1) is 10.4. The van der Waals surface area contributed by atoms with Gasteiger partial charge in [0.2, 0.25) is 5.91 Å². The quantitative estimate of drug-likeness (QED) is 0.830. The molecule has 1 aromatic carbocycles. The van der Waals surface area contributed by atoms with Gasteiger partial charge >= 0.3 is 0 Å². The van der Waals surface area contributed by atoms with Crippen LogP contribution in [-0.4, -0.2) is 19.5 Å². The summed E-state index contributed by atoms with van der Waals surface area (Å²) >= 11 is 0. The second-order valence-corrected chi connectivity index (χ2v) is 4.74. The fourth-order valence-electron chi connectivity index (χ4n) is 2.44. The fourth-order valence-corrected chi connectivity index (χ4v) is 2.44. The van der Waals surface area contributed by atoms with Crippen LogP contribution in [0.3, 0.4) is 0 Å². The second kappa shape index (κ2) is 3.91. The molecule has 88 valence electrons. The Morgan fingerprint density at radius 3 is 3.18 bits per heavy atom. The highest BCUT2D eigenvalue weighted by Gasteiger charge is 2.39. The van der Waals surface area contributed by atoms with E-state index in [1.807, 2.05) is 6.07 Å². The van der Waals surface area contributed by atoms with Crippen LogP contribution in [-0.2, 0) is 4.79 Å². The van der Waals surface area contributed by atoms with Crippen LogP contribution in [0.4, 0.5) is 5.69 Å². The summed E-state index contributed by atoms with van der Waals surface area (Å²) in [6.07, 6.45) is 5.80. The minimum Gasteiger partial charge on any atom is -0.376 e. The summed E-state index contributed by atoms with van der Waals surface area (Å²) in [5, 5.41) is 5.75. The lowest BCUT2D eigenvalue weighted by Gasteiger charge is -2.13. The molecule has 3 rings (SSSR count). The van der Waals surface area contributed by atoms with Crippen LogP contribution >= 0.6 is 0 Å². The van der Waals surface area contributed by atoms with Gasteiger partial charge in [-0.15, -0.1) is 0 Å². The zero-order valence-electron chi connectivity index (χ0n) is 9.86. The van der Waals surface area contributed by atoms with Gasteiger partial charge < -0.3 is 10.6 Å². The van der Waals surface area contributed by atoms with E-state index < -0.39 is 0 Å². The van der Waals surface area contributed by atoms with Gasteiger partial charge in [-0.25, -0.2) is 0 Å². The van der Waals surface area contributed by atoms with Crippen molar-refractivity contribution in [2.45, 2.75) is 12.3 Å². The predicted molar refractivity (Wildman–Crippen MR) is 68.9 cm³/mol. The third-order valence-electron chi connectivity index (χ3n) is 3.58. The van der Waals surface area contributed by atoms with E-state index in [0.717, 1.165) is 17.5 Å². The molecule has 3 heteroatoms. The number of amides is 1. The van der Waals surface area contributed by atoms with Crippen molar-refractivity contribution in [3.8, 4) is 0 Å². The van der Waals surface area contributed by atoms with Crippen LogP contribution in [0.5, 0.6) is 0 Å². The van der Waals surface area contributed by atoms with E-state index in [4.69, 9.17) is 0 Å². The molecule has 0 aromatic heterocycles. The molecule has 0 heterocycles. The maximum atomic E-state index is 11.2. The summed E-state index contributed by atoms with van der Waals surface area (Å²) in [6.45, 7) is 0.333. The van der Waals surface area contributed by atoms with Gasteiger partial charge in [-0.3, -0.25) is 4.79 Å². The number of carbonyl (C=O) groups is 1. The van der Waals surface area contributed by atoms with Crippen LogP contribution in [0.2, 0.25) is 0 Å². The predicted octanol–water partition coefficient (Wildman–Crippen LogP) is 1.97. The number of benzene rings is 1. The first-order chi connectivity index (χ1) is 8.28. The van der Waals surface area contributed by atoms with Gasteiger partial charge in [0.25, 0.3) is 0 Å². The summed E-state index contributed by atoms with van der Waals surface area (Å²) < 4.78 is 0. The minimum atomic E-state index is 0.00640. The Morgan fingerprint density at radius 1 is 1.47 bits per heavy atom. The number of hydrogen-bond donors (Lipinski definition) is 2. The molecule has 0 spiro atoms. The normalized spacial score (nSPS) is 23.6. The molecule has 2 unspecified atom stereocenters. The van der Waals surface area contributed by atoms with Crippen LogP contribution in [0.15, 0.2) is 24.3 Å². The standard InChI is InChI=1S/C14H16N2O/c1-15-14(17)8-16-11-5-4-9-2-3-10-6-12(10)13(9)7-11/h2-5,7,10,12,16H,6,8H2,1H3,(H,15,17). The topological polar surface area (TPSA) is 41.1 Å². The van der Waals surface area contributed by atoms with E-state index in [1.54, 1.807) is 7.05 Å². The Hall–Kier alpha value is -1.77. The van der Waals surface area contributed by atoms with Gasteiger partial charge in [-0.2, -0.15) is 0 Å². The lowest BCUT2D eigenvalue weighted by atomic mass is 9.96. The summed E-state index contributed by atoms with van der Waals surface area (Å²) in [5.74, 6) is 1.49. The molecule has 0 bridgehead atoms. The van der Waals surface area contributed by atoms with Crippen molar-refractivity contribution >= 4 is 17.7 Å². The molecular weight excluding hydrogens is 212 g/mol. The maximum Gasteiger partial charge on any atom is 0.239 e. The third kappa shape index (κ3) is 1.93. The molecule has 1 saturated carbocycles. The highest BCUT2D eigenvalue weighted by Crippen LogP contribution is 2.52. The van der Waals surface area contributed by atoms with Gasteiger partial charge in [0.1, 0.15) is 0 Å². The number of hydrogen-bond acceptors (Lipinski definition) is 2. The van der Waals surface area contributed by atoms with Crippen molar-refractivity contribution < 1.29 is 4.79 Å². The van der Waals surface area contributed by atoms with E-state index in [1.165, 1.54) is 17.5 Å². The van der Waals surface area contributed by atoms with Gasteiger partial charge in [0.05, 0.1) is 6.54 Å². The van der Waals surface area contributed by atoms with E-state index >= 15 is 0 Å². The molecule has 17 heavy (non-hydrogen) atoms. The molecule has 0 aliphatic heterocycles. The number of rotatable bonds is 3. The number of allylic oxidation sites excluding steroid dienone is 1. The number of anilines is 1. The maximum absolute atomic E-state index is 11.2. The van der Waals surface area contributed by atoms with Crippen molar-refractivity contribution in [3.05, 3.63) is 35.4 Å². The Balaban J connectivity index is 1.77. The highest BCUT2D eigenvalue weighted by molar-refractivity contribution is 5.80. The van der Waals surface area contributed by atoms with Gasteiger partial charge in [-0.1, -0.05) is 18.2 Å². The molecule has 1 amide bonds. The Morgan fingerprint density at radius 2 is 2.35 bits per heavy atom. The van der Waals surface area contributed by atoms with E-state index in [2.05, 4.69) is 34.9 Å². The monoisotopic (exact) mass is 228 g/mol. The van der Waals surface area contributed by atoms with Crippen molar-refractivity contribution in [1.82, 2.24) is 5.32 Å². The molecule has 0 radical (unpaired) electrons. The molecule has 2 N–H and O–H groups in total. The number of likely N-dealkylation sites (N-methyl/N-ethyl adjacent to an activating group) is 1. The molecule has 2 aliphatic rings. The van der Waals surface area contributed by atoms with Crippen LogP contribution in [0.25, 0.3) is 6.08 Å². The highest BCUT2D eigenvalue weighted by atomic mass is 16.1. The first-order valence-corrected chi connectivity index (χ1v) is 6.04. The molecular formula is C14H16N2O. The van der Waals surface area contributed by atoms with Crippen molar-refractivity contribution in [1.29, 1.82) is 0 Å². The Labute approximate surface area is 101 Å². The average Bonchev–Trinajstić information content (AvgIpc) is 3.15. The smallest absolute Gasteiger partial charge is 0.239 e. The van der Waals surface area contributed by atoms with Crippen LogP contribution in [0.1, 0.15) is 23.5 Å². The van der Waals surface area contributed by atoms with Crippen LogP contribution in [0, 0.1) is 5.92 Å². The van der Waals surface area contributed by atoms with Crippen molar-refractivity contribution in [2.75, 3.05) is 18.9 Å². The molecule has 3 nitrogen and oxygen atoms in total. The van der Waals surface area contributed by atoms with E-state index in [-0.39, 0.29) is 5.91 Å². The zero-order chi connectivity index (χ0) is 11.8. The SMILES string of the molecule is CNC(=O)CNc1ccc2c(c1)C1CC1C=C2. The van der Waals surface area contributed by atoms with Crippen LogP contribution < -0.4 is 10.6 Å². The van der Waals surface area contributed by atoms with Gasteiger partial charge in [-0.05, 0) is 41.5 Å². The summed E-state index contributed by atoms with van der Waals surface area (Å²) in [6, 6.07) is 6.35. The summed E-state index contributed by atoms with van der Waals surface area (Å²) in [7, 11) is 1.65. The Bertz CT molecular complexity index is 493. The zero-order valence-corrected chi connectivity index (χ0v) is 9.86. The first-order valence-electron chi connectivity index (χ1n) is 6.04. The van der Waals surface area contributed by atoms with E-state index in [9.17, 15) is 4.79 Å². The number of fused-ring (bicyclic) bond motifs is 3. The third-order valence-corrected chi connectivity index (χ3v) is 3.58. The summed E-state index contributed by atoms with van der Waals surface area (Å²) in [5.41, 5.74) is 3.79. The minimum absolute atomic E-state index is 0.00640. The average molecular weight is 228 g/mol. The number of nitrogens with one attached hydrogen (secondary N) is 2. The largest absolute Gasteiger partial charge is 0.376 e. The molecule has 2 atom stereocenters. The molecule has 2 aliphatic carbocycles. The number of carbonyl (C=O) groups excluding carboxylic acids is 1. The fraction of sp³-hybridized carbons (Fsp3) is 0.357. The second-order valence-electron chi connectivity index (χ2n) is 4.74.